The van der Waals surface area contributed by atoms with Crippen LogP contribution >= 0.6 is 0 Å². The number of aryl methyl sites for hydroxylation is 1. The predicted octanol–water partition coefficient (Wildman–Crippen LogP) is 2.80. The first-order valence-corrected chi connectivity index (χ1v) is 7.79. The quantitative estimate of drug-likeness (QED) is 0.868. The Bertz CT molecular complexity index is 427. The van der Waals surface area contributed by atoms with Gasteiger partial charge in [0.1, 0.15) is 0 Å². The Morgan fingerprint density at radius 3 is 2.80 bits per heavy atom. The zero-order valence-electron chi connectivity index (χ0n) is 13.1. The number of nitrogens with two attached hydrogens (primary N) is 1. The summed E-state index contributed by atoms with van der Waals surface area (Å²) in [5, 5.41) is 0. The van der Waals surface area contributed by atoms with Gasteiger partial charge in [-0.15, -0.1) is 0 Å². The van der Waals surface area contributed by atoms with E-state index in [0.717, 1.165) is 19.7 Å². The van der Waals surface area contributed by atoms with Gasteiger partial charge in [-0.25, -0.2) is 0 Å². The first-order chi connectivity index (χ1) is 9.67. The standard InChI is InChI=1S/C17H28N2O/c1-4-19(12-15-8-6-10-20-15)17(11-18)16-9-5-7-13(2)14(16)3/h5,7,9,15,17H,4,6,8,10-12,18H2,1-3H3. The van der Waals surface area contributed by atoms with Gasteiger partial charge in [0.25, 0.3) is 0 Å². The minimum absolute atomic E-state index is 0.295. The molecule has 3 nitrogen and oxygen atoms in total. The number of likely N-dealkylation sites (N-methyl/N-ethyl adjacent to an activating group) is 1. The van der Waals surface area contributed by atoms with E-state index in [1.807, 2.05) is 0 Å². The van der Waals surface area contributed by atoms with Crippen molar-refractivity contribution >= 4 is 0 Å². The minimum atomic E-state index is 0.295. The van der Waals surface area contributed by atoms with E-state index in [1.165, 1.54) is 29.5 Å². The lowest BCUT2D eigenvalue weighted by Gasteiger charge is -2.33. The molecule has 2 atom stereocenters. The van der Waals surface area contributed by atoms with Crippen molar-refractivity contribution in [3.63, 3.8) is 0 Å². The molecule has 1 aromatic carbocycles. The second-order valence-electron chi connectivity index (χ2n) is 5.76. The van der Waals surface area contributed by atoms with Gasteiger partial charge in [0.05, 0.1) is 6.10 Å². The van der Waals surface area contributed by atoms with E-state index in [-0.39, 0.29) is 0 Å². The van der Waals surface area contributed by atoms with Crippen molar-refractivity contribution in [3.8, 4) is 0 Å². The second-order valence-corrected chi connectivity index (χ2v) is 5.76. The Kier molecular flexibility index (Phi) is 5.58. The molecule has 112 valence electrons. The SMILES string of the molecule is CCN(CC1CCCO1)C(CN)c1cccc(C)c1C. The molecule has 3 heteroatoms. The Balaban J connectivity index is 2.17. The summed E-state index contributed by atoms with van der Waals surface area (Å²) < 4.78 is 5.79. The molecule has 1 aliphatic heterocycles. The van der Waals surface area contributed by atoms with Crippen LogP contribution in [-0.4, -0.2) is 37.2 Å². The van der Waals surface area contributed by atoms with Crippen LogP contribution in [0.15, 0.2) is 18.2 Å². The summed E-state index contributed by atoms with van der Waals surface area (Å²) in [7, 11) is 0. The van der Waals surface area contributed by atoms with Crippen molar-refractivity contribution in [2.75, 3.05) is 26.2 Å². The molecule has 0 aliphatic carbocycles. The molecule has 1 heterocycles. The third-order valence-electron chi connectivity index (χ3n) is 4.54. The van der Waals surface area contributed by atoms with Crippen LogP contribution in [0.4, 0.5) is 0 Å². The zero-order valence-corrected chi connectivity index (χ0v) is 13.1. The van der Waals surface area contributed by atoms with Gasteiger partial charge >= 0.3 is 0 Å². The van der Waals surface area contributed by atoms with Gasteiger partial charge in [0.2, 0.25) is 0 Å². The molecule has 20 heavy (non-hydrogen) atoms. The van der Waals surface area contributed by atoms with Crippen LogP contribution in [0.1, 0.15) is 42.5 Å². The van der Waals surface area contributed by atoms with Gasteiger partial charge in [-0.3, -0.25) is 4.90 Å². The third kappa shape index (κ3) is 3.40. The largest absolute Gasteiger partial charge is 0.377 e. The van der Waals surface area contributed by atoms with Crippen LogP contribution in [0.3, 0.4) is 0 Å². The van der Waals surface area contributed by atoms with Gasteiger partial charge in [0.15, 0.2) is 0 Å². The monoisotopic (exact) mass is 276 g/mol. The summed E-state index contributed by atoms with van der Waals surface area (Å²) in [4.78, 5) is 2.47. The number of hydrogen-bond donors (Lipinski definition) is 1. The maximum absolute atomic E-state index is 6.09. The minimum Gasteiger partial charge on any atom is -0.377 e. The molecule has 1 saturated heterocycles. The molecule has 2 unspecified atom stereocenters. The maximum Gasteiger partial charge on any atom is 0.0703 e. The average molecular weight is 276 g/mol. The molecule has 0 aromatic heterocycles. The third-order valence-corrected chi connectivity index (χ3v) is 4.54. The molecule has 1 aromatic rings. The highest BCUT2D eigenvalue weighted by Gasteiger charge is 2.25. The van der Waals surface area contributed by atoms with Crippen molar-refractivity contribution in [1.82, 2.24) is 4.90 Å². The van der Waals surface area contributed by atoms with E-state index in [2.05, 4.69) is 43.9 Å². The summed E-state index contributed by atoms with van der Waals surface area (Å²) in [6, 6.07) is 6.82. The maximum atomic E-state index is 6.09. The highest BCUT2D eigenvalue weighted by Crippen LogP contribution is 2.26. The fourth-order valence-electron chi connectivity index (χ4n) is 3.13. The molecule has 0 radical (unpaired) electrons. The molecule has 1 aliphatic rings. The fraction of sp³-hybridized carbons (Fsp3) is 0.647. The zero-order chi connectivity index (χ0) is 14.5. The second kappa shape index (κ2) is 7.21. The lowest BCUT2D eigenvalue weighted by molar-refractivity contribution is 0.0600. The molecule has 0 saturated carbocycles. The van der Waals surface area contributed by atoms with E-state index in [0.29, 0.717) is 18.7 Å². The van der Waals surface area contributed by atoms with Crippen molar-refractivity contribution in [3.05, 3.63) is 34.9 Å². The molecular weight excluding hydrogens is 248 g/mol. The van der Waals surface area contributed by atoms with E-state index < -0.39 is 0 Å². The first-order valence-electron chi connectivity index (χ1n) is 7.79. The van der Waals surface area contributed by atoms with Gasteiger partial charge in [-0.05, 0) is 49.9 Å². The van der Waals surface area contributed by atoms with Crippen molar-refractivity contribution in [2.24, 2.45) is 5.73 Å². The van der Waals surface area contributed by atoms with Crippen molar-refractivity contribution < 1.29 is 4.74 Å². The van der Waals surface area contributed by atoms with Gasteiger partial charge in [-0.2, -0.15) is 0 Å². The predicted molar refractivity (Wildman–Crippen MR) is 83.9 cm³/mol. The van der Waals surface area contributed by atoms with Gasteiger partial charge in [0, 0.05) is 25.7 Å². The highest BCUT2D eigenvalue weighted by molar-refractivity contribution is 5.35. The van der Waals surface area contributed by atoms with Crippen molar-refractivity contribution in [1.29, 1.82) is 0 Å². The normalized spacial score (nSPS) is 20.6. The average Bonchev–Trinajstić information content (AvgIpc) is 2.96. The van der Waals surface area contributed by atoms with E-state index in [9.17, 15) is 0 Å². The summed E-state index contributed by atoms with van der Waals surface area (Å²) in [6.07, 6.45) is 2.76. The lowest BCUT2D eigenvalue weighted by atomic mass is 9.96. The van der Waals surface area contributed by atoms with Gasteiger partial charge in [-0.1, -0.05) is 25.1 Å². The van der Waals surface area contributed by atoms with Crippen LogP contribution in [0.5, 0.6) is 0 Å². The van der Waals surface area contributed by atoms with Crippen molar-refractivity contribution in [2.45, 2.75) is 45.8 Å². The molecule has 0 spiro atoms. The Morgan fingerprint density at radius 2 is 2.20 bits per heavy atom. The number of rotatable bonds is 6. The summed E-state index contributed by atoms with van der Waals surface area (Å²) in [5.41, 5.74) is 10.2. The number of hydrogen-bond acceptors (Lipinski definition) is 3. The van der Waals surface area contributed by atoms with Crippen LogP contribution in [0.2, 0.25) is 0 Å². The number of nitrogens with zero attached hydrogens (tertiary/aromatic N) is 1. The van der Waals surface area contributed by atoms with Crippen LogP contribution in [-0.2, 0) is 4.74 Å². The van der Waals surface area contributed by atoms with E-state index >= 15 is 0 Å². The summed E-state index contributed by atoms with van der Waals surface area (Å²) >= 11 is 0. The lowest BCUT2D eigenvalue weighted by Crippen LogP contribution is -2.39. The fourth-order valence-corrected chi connectivity index (χ4v) is 3.13. The van der Waals surface area contributed by atoms with Crippen LogP contribution < -0.4 is 5.73 Å². The molecule has 0 bridgehead atoms. The number of ether oxygens (including phenoxy) is 1. The summed E-state index contributed by atoms with van der Waals surface area (Å²) in [5.74, 6) is 0. The topological polar surface area (TPSA) is 38.5 Å². The van der Waals surface area contributed by atoms with Gasteiger partial charge < -0.3 is 10.5 Å². The van der Waals surface area contributed by atoms with Crippen LogP contribution in [0, 0.1) is 13.8 Å². The molecular formula is C17H28N2O. The molecule has 2 N–H and O–H groups in total. The highest BCUT2D eigenvalue weighted by atomic mass is 16.5. The Morgan fingerprint density at radius 1 is 1.40 bits per heavy atom. The Hall–Kier alpha value is -0.900. The molecule has 2 rings (SSSR count). The smallest absolute Gasteiger partial charge is 0.0703 e. The van der Waals surface area contributed by atoms with E-state index in [4.69, 9.17) is 10.5 Å². The molecule has 1 fully saturated rings. The first kappa shape index (κ1) is 15.5. The number of benzene rings is 1. The summed E-state index contributed by atoms with van der Waals surface area (Å²) in [6.45, 7) is 10.2. The Labute approximate surface area is 123 Å². The molecule has 0 amide bonds. The van der Waals surface area contributed by atoms with E-state index in [1.54, 1.807) is 0 Å². The van der Waals surface area contributed by atoms with Crippen LogP contribution in [0.25, 0.3) is 0 Å².